The van der Waals surface area contributed by atoms with Crippen molar-refractivity contribution in [1.82, 2.24) is 4.90 Å². The van der Waals surface area contributed by atoms with Crippen LogP contribution in [0.3, 0.4) is 0 Å². The van der Waals surface area contributed by atoms with Gasteiger partial charge >= 0.3 is 0 Å². The molecule has 2 aromatic carbocycles. The molecule has 198 valence electrons. The van der Waals surface area contributed by atoms with Crippen molar-refractivity contribution in [3.63, 3.8) is 0 Å². The zero-order valence-corrected chi connectivity index (χ0v) is 21.3. The minimum atomic E-state index is -5.02. The van der Waals surface area contributed by atoms with Gasteiger partial charge in [-0.1, -0.05) is 19.2 Å². The molecule has 2 aromatic rings. The Morgan fingerprint density at radius 2 is 1.54 bits per heavy atom. The molecule has 0 saturated carbocycles. The van der Waals surface area contributed by atoms with E-state index in [0.717, 1.165) is 24.3 Å². The van der Waals surface area contributed by atoms with E-state index in [1.54, 1.807) is 7.05 Å². The molecule has 1 heterocycles. The van der Waals surface area contributed by atoms with Crippen molar-refractivity contribution in [1.29, 1.82) is 0 Å². The predicted octanol–water partition coefficient (Wildman–Crippen LogP) is 2.10. The molecular weight excluding hydrogens is 526 g/mol. The third-order valence-corrected chi connectivity index (χ3v) is 7.37. The topological polar surface area (TPSA) is 179 Å². The smallest absolute Gasteiger partial charge is 0.295 e. The van der Waals surface area contributed by atoms with Gasteiger partial charge in [-0.25, -0.2) is 0 Å². The summed E-state index contributed by atoms with van der Waals surface area (Å²) in [6.45, 7) is 7.55. The summed E-state index contributed by atoms with van der Waals surface area (Å²) in [5.74, 6) is -1.31. The maximum absolute atomic E-state index is 12.6. The van der Waals surface area contributed by atoms with Crippen LogP contribution >= 0.6 is 0 Å². The van der Waals surface area contributed by atoms with Crippen LogP contribution in [0.25, 0.3) is 11.1 Å². The second kappa shape index (κ2) is 10.9. The van der Waals surface area contributed by atoms with Gasteiger partial charge in [0.1, 0.15) is 9.79 Å². The summed E-state index contributed by atoms with van der Waals surface area (Å²) in [6.07, 6.45) is 1.91. The summed E-state index contributed by atoms with van der Waals surface area (Å²) < 4.78 is 75.7. The highest BCUT2D eigenvalue weighted by molar-refractivity contribution is 7.86. The van der Waals surface area contributed by atoms with E-state index < -0.39 is 47.9 Å². The number of hydrogen-bond acceptors (Lipinski definition) is 8. The molecule has 0 aliphatic carbocycles. The molecule has 12 nitrogen and oxygen atoms in total. The number of nitrogens with one attached hydrogen (secondary N) is 2. The van der Waals surface area contributed by atoms with Crippen LogP contribution in [0.1, 0.15) is 11.6 Å². The first-order chi connectivity index (χ1) is 17.3. The maximum Gasteiger partial charge on any atom is 0.295 e. The number of nitrogens with zero attached hydrogens (tertiary/aromatic N) is 1. The van der Waals surface area contributed by atoms with Crippen molar-refractivity contribution in [3.8, 4) is 11.1 Å². The molecule has 4 N–H and O–H groups in total. The lowest BCUT2D eigenvalue weighted by Crippen LogP contribution is -2.37. The molecular formula is C23H25N3O9S2. The second-order valence-electron chi connectivity index (χ2n) is 8.06. The van der Waals surface area contributed by atoms with Crippen LogP contribution < -0.4 is 10.6 Å². The Morgan fingerprint density at radius 3 is 2.08 bits per heavy atom. The number of amides is 2. The molecule has 37 heavy (non-hydrogen) atoms. The normalized spacial score (nSPS) is 16.6. The number of anilines is 2. The van der Waals surface area contributed by atoms with Crippen molar-refractivity contribution in [2.24, 2.45) is 0 Å². The van der Waals surface area contributed by atoms with Crippen molar-refractivity contribution in [3.05, 3.63) is 61.2 Å². The van der Waals surface area contributed by atoms with Gasteiger partial charge < -0.3 is 15.4 Å². The number of hydrogen-bond donors (Lipinski definition) is 4. The standard InChI is InChI=1S/C23H25N3O9S2/c1-4-21(27)24-14-6-7-16(19(11-14)36(29,30)31)23-17(18-13-35-9-8-26(18)3)10-15(25-22(28)5-2)12-20(23)37(32,33)34/h4-7,10-12,18H,1-2,8-9,13H2,3H3,(H,24,27)(H,25,28)(H,29,30,31)(H,32,33,34). The molecule has 14 heteroatoms. The van der Waals surface area contributed by atoms with E-state index in [-0.39, 0.29) is 34.7 Å². The quantitative estimate of drug-likeness (QED) is 0.280. The first-order valence-corrected chi connectivity index (χ1v) is 13.6. The monoisotopic (exact) mass is 551 g/mol. The third-order valence-electron chi connectivity index (χ3n) is 5.60. The molecule has 1 atom stereocenters. The van der Waals surface area contributed by atoms with Crippen LogP contribution in [0.15, 0.2) is 65.4 Å². The minimum Gasteiger partial charge on any atom is -0.378 e. The highest BCUT2D eigenvalue weighted by Crippen LogP contribution is 2.42. The van der Waals surface area contributed by atoms with Gasteiger partial charge in [-0.15, -0.1) is 0 Å². The fourth-order valence-corrected chi connectivity index (χ4v) is 5.37. The van der Waals surface area contributed by atoms with Gasteiger partial charge in [0.2, 0.25) is 11.8 Å². The van der Waals surface area contributed by atoms with E-state index in [2.05, 4.69) is 23.8 Å². The largest absolute Gasteiger partial charge is 0.378 e. The Kier molecular flexibility index (Phi) is 8.32. The van der Waals surface area contributed by atoms with Crippen molar-refractivity contribution in [2.75, 3.05) is 37.4 Å². The summed E-state index contributed by atoms with van der Waals surface area (Å²) in [6, 6.07) is 5.15. The van der Waals surface area contributed by atoms with Crippen LogP contribution in [0, 0.1) is 0 Å². The lowest BCUT2D eigenvalue weighted by molar-refractivity contribution is -0.112. The fourth-order valence-electron chi connectivity index (χ4n) is 3.88. The van der Waals surface area contributed by atoms with Crippen LogP contribution in [0.2, 0.25) is 0 Å². The van der Waals surface area contributed by atoms with E-state index >= 15 is 0 Å². The fraction of sp³-hybridized carbons (Fsp3) is 0.217. The molecule has 1 aliphatic heterocycles. The Hall–Kier alpha value is -3.40. The molecule has 1 fully saturated rings. The summed E-state index contributed by atoms with van der Waals surface area (Å²) in [5.41, 5.74) is -0.370. The van der Waals surface area contributed by atoms with Crippen molar-refractivity contribution >= 4 is 43.4 Å². The first kappa shape index (κ1) is 28.2. The second-order valence-corrected chi connectivity index (χ2v) is 10.8. The van der Waals surface area contributed by atoms with Gasteiger partial charge in [0.25, 0.3) is 20.2 Å². The predicted molar refractivity (Wildman–Crippen MR) is 135 cm³/mol. The summed E-state index contributed by atoms with van der Waals surface area (Å²) in [7, 11) is -8.27. The highest BCUT2D eigenvalue weighted by Gasteiger charge is 2.32. The summed E-state index contributed by atoms with van der Waals surface area (Å²) in [4.78, 5) is 24.0. The maximum atomic E-state index is 12.6. The molecule has 3 rings (SSSR count). The van der Waals surface area contributed by atoms with E-state index in [4.69, 9.17) is 4.74 Å². The zero-order chi connectivity index (χ0) is 27.5. The first-order valence-electron chi connectivity index (χ1n) is 10.7. The van der Waals surface area contributed by atoms with Gasteiger partial charge in [-0.3, -0.25) is 23.6 Å². The Bertz CT molecular complexity index is 1490. The number of ether oxygens (including phenoxy) is 1. The van der Waals surface area contributed by atoms with Gasteiger partial charge in [0, 0.05) is 29.0 Å². The van der Waals surface area contributed by atoms with E-state index in [1.165, 1.54) is 18.2 Å². The molecule has 1 aliphatic rings. The van der Waals surface area contributed by atoms with Crippen LogP contribution in [0.4, 0.5) is 11.4 Å². The summed E-state index contributed by atoms with van der Waals surface area (Å²) in [5, 5.41) is 4.81. The Balaban J connectivity index is 2.43. The number of carbonyl (C=O) groups excluding carboxylic acids is 2. The van der Waals surface area contributed by atoms with E-state index in [1.807, 2.05) is 4.90 Å². The SMILES string of the molecule is C=CC(=O)Nc1ccc(-c2c(C3COCCN3C)cc(NC(=O)C=C)cc2S(=O)(=O)O)c(S(=O)(=O)O)c1. The lowest BCUT2D eigenvalue weighted by atomic mass is 9.92. The number of rotatable bonds is 8. The van der Waals surface area contributed by atoms with E-state index in [0.29, 0.717) is 13.2 Å². The van der Waals surface area contributed by atoms with E-state index in [9.17, 15) is 35.5 Å². The molecule has 1 saturated heterocycles. The Labute approximate surface area is 214 Å². The Morgan fingerprint density at radius 1 is 0.973 bits per heavy atom. The van der Waals surface area contributed by atoms with Gasteiger partial charge in [0.05, 0.1) is 19.3 Å². The molecule has 0 bridgehead atoms. The zero-order valence-electron chi connectivity index (χ0n) is 19.7. The molecule has 0 radical (unpaired) electrons. The number of carbonyl (C=O) groups is 2. The number of benzene rings is 2. The lowest BCUT2D eigenvalue weighted by Gasteiger charge is -2.34. The van der Waals surface area contributed by atoms with Crippen molar-refractivity contribution < 1.29 is 40.3 Å². The van der Waals surface area contributed by atoms with Gasteiger partial charge in [-0.05, 0) is 49.0 Å². The summed E-state index contributed by atoms with van der Waals surface area (Å²) >= 11 is 0. The number of likely N-dealkylation sites (N-methyl/N-ethyl adjacent to an activating group) is 1. The van der Waals surface area contributed by atoms with Crippen LogP contribution in [0.5, 0.6) is 0 Å². The molecule has 1 unspecified atom stereocenters. The third kappa shape index (κ3) is 6.49. The molecule has 2 amide bonds. The average Bonchev–Trinajstić information content (AvgIpc) is 2.82. The van der Waals surface area contributed by atoms with Gasteiger partial charge in [0.15, 0.2) is 0 Å². The molecule has 0 spiro atoms. The van der Waals surface area contributed by atoms with Crippen LogP contribution in [-0.2, 0) is 34.6 Å². The molecule has 0 aromatic heterocycles. The van der Waals surface area contributed by atoms with Gasteiger partial charge in [-0.2, -0.15) is 16.8 Å². The minimum absolute atomic E-state index is 0.0153. The van der Waals surface area contributed by atoms with Crippen molar-refractivity contribution in [2.45, 2.75) is 15.8 Å². The highest BCUT2D eigenvalue weighted by atomic mass is 32.2. The number of morpholine rings is 1. The van der Waals surface area contributed by atoms with Crippen LogP contribution in [-0.4, -0.2) is 69.5 Å². The average molecular weight is 552 g/mol.